The first-order valence-electron chi connectivity index (χ1n) is 9.42. The van der Waals surface area contributed by atoms with Crippen molar-refractivity contribution in [3.63, 3.8) is 0 Å². The van der Waals surface area contributed by atoms with Gasteiger partial charge in [-0.05, 0) is 50.6 Å². The number of nitrogens with one attached hydrogen (secondary N) is 1. The molecule has 1 aromatic heterocycles. The summed E-state index contributed by atoms with van der Waals surface area (Å²) in [5.41, 5.74) is 1.54. The van der Waals surface area contributed by atoms with E-state index in [1.54, 1.807) is 18.2 Å². The number of nitrogens with zero attached hydrogens (tertiary/aromatic N) is 3. The van der Waals surface area contributed by atoms with Crippen LogP contribution in [0.3, 0.4) is 0 Å². The smallest absolute Gasteiger partial charge is 0.234 e. The molecule has 0 fully saturated rings. The van der Waals surface area contributed by atoms with Crippen LogP contribution in [-0.4, -0.2) is 26.4 Å². The molecule has 0 saturated carbocycles. The number of carbonyl (C=O) groups excluding carboxylic acids is 1. The van der Waals surface area contributed by atoms with Gasteiger partial charge in [-0.1, -0.05) is 53.2 Å². The summed E-state index contributed by atoms with van der Waals surface area (Å²) < 4.78 is 7.89. The summed E-state index contributed by atoms with van der Waals surface area (Å²) in [4.78, 5) is 12.4. The normalized spacial score (nSPS) is 11.9. The van der Waals surface area contributed by atoms with Crippen molar-refractivity contribution in [3.05, 3.63) is 63.9 Å². The van der Waals surface area contributed by atoms with E-state index in [1.807, 2.05) is 49.6 Å². The van der Waals surface area contributed by atoms with E-state index in [4.69, 9.17) is 27.9 Å². The SMILES string of the molecule is CCn1c(SCC(=O)Nc2cccc(Cl)c2C)nnc1C(C)Oc1ccccc1Cl. The van der Waals surface area contributed by atoms with E-state index in [0.717, 1.165) is 5.56 Å². The van der Waals surface area contributed by atoms with Crippen molar-refractivity contribution in [2.45, 2.75) is 38.6 Å². The number of halogens is 2. The average Bonchev–Trinajstić information content (AvgIpc) is 3.14. The highest BCUT2D eigenvalue weighted by atomic mass is 35.5. The zero-order valence-corrected chi connectivity index (χ0v) is 19.2. The molecule has 3 rings (SSSR count). The molecular formula is C21H22Cl2N4O2S. The van der Waals surface area contributed by atoms with Crippen molar-refractivity contribution in [2.75, 3.05) is 11.1 Å². The molecular weight excluding hydrogens is 443 g/mol. The quantitative estimate of drug-likeness (QED) is 0.427. The molecule has 0 spiro atoms. The van der Waals surface area contributed by atoms with Gasteiger partial charge in [0.25, 0.3) is 0 Å². The molecule has 30 heavy (non-hydrogen) atoms. The van der Waals surface area contributed by atoms with E-state index >= 15 is 0 Å². The van der Waals surface area contributed by atoms with Crippen LogP contribution in [0.5, 0.6) is 5.75 Å². The molecule has 0 aliphatic rings. The van der Waals surface area contributed by atoms with Gasteiger partial charge in [-0.15, -0.1) is 10.2 Å². The van der Waals surface area contributed by atoms with Gasteiger partial charge in [0.15, 0.2) is 17.1 Å². The van der Waals surface area contributed by atoms with Gasteiger partial charge in [-0.3, -0.25) is 4.79 Å². The summed E-state index contributed by atoms with van der Waals surface area (Å²) in [7, 11) is 0. The van der Waals surface area contributed by atoms with Crippen molar-refractivity contribution in [2.24, 2.45) is 0 Å². The lowest BCUT2D eigenvalue weighted by Crippen LogP contribution is -2.16. The van der Waals surface area contributed by atoms with Crippen LogP contribution in [-0.2, 0) is 11.3 Å². The summed E-state index contributed by atoms with van der Waals surface area (Å²) in [5, 5.41) is 13.2. The molecule has 1 heterocycles. The number of thioether (sulfide) groups is 1. The number of hydrogen-bond donors (Lipinski definition) is 1. The van der Waals surface area contributed by atoms with Gasteiger partial charge in [-0.2, -0.15) is 0 Å². The lowest BCUT2D eigenvalue weighted by Gasteiger charge is -2.16. The van der Waals surface area contributed by atoms with Gasteiger partial charge in [-0.25, -0.2) is 0 Å². The van der Waals surface area contributed by atoms with Gasteiger partial charge in [0.05, 0.1) is 10.8 Å². The summed E-state index contributed by atoms with van der Waals surface area (Å²) in [6, 6.07) is 12.7. The first-order chi connectivity index (χ1) is 14.4. The van der Waals surface area contributed by atoms with E-state index in [0.29, 0.717) is 39.0 Å². The highest BCUT2D eigenvalue weighted by molar-refractivity contribution is 7.99. The van der Waals surface area contributed by atoms with E-state index in [1.165, 1.54) is 11.8 Å². The number of carbonyl (C=O) groups is 1. The zero-order valence-electron chi connectivity index (χ0n) is 16.9. The van der Waals surface area contributed by atoms with Gasteiger partial charge in [0.1, 0.15) is 5.75 Å². The maximum absolute atomic E-state index is 12.4. The van der Waals surface area contributed by atoms with Crippen molar-refractivity contribution in [1.29, 1.82) is 0 Å². The fourth-order valence-corrected chi connectivity index (χ4v) is 4.01. The van der Waals surface area contributed by atoms with Crippen LogP contribution in [0.1, 0.15) is 31.3 Å². The number of hydrogen-bond acceptors (Lipinski definition) is 5. The van der Waals surface area contributed by atoms with Crippen LogP contribution in [0.2, 0.25) is 10.0 Å². The maximum atomic E-state index is 12.4. The second-order valence-corrected chi connectivity index (χ2v) is 8.28. The maximum Gasteiger partial charge on any atom is 0.234 e. The lowest BCUT2D eigenvalue weighted by molar-refractivity contribution is -0.113. The molecule has 1 unspecified atom stereocenters. The molecule has 0 saturated heterocycles. The molecule has 3 aromatic rings. The summed E-state index contributed by atoms with van der Waals surface area (Å²) in [6.45, 7) is 6.40. The number of ether oxygens (including phenoxy) is 1. The van der Waals surface area contributed by atoms with Crippen LogP contribution in [0.25, 0.3) is 0 Å². The molecule has 0 bridgehead atoms. The Morgan fingerprint density at radius 1 is 1.17 bits per heavy atom. The van der Waals surface area contributed by atoms with Crippen molar-refractivity contribution in [3.8, 4) is 5.75 Å². The summed E-state index contributed by atoms with van der Waals surface area (Å²) in [6.07, 6.45) is -0.352. The van der Waals surface area contributed by atoms with E-state index in [9.17, 15) is 4.79 Å². The minimum Gasteiger partial charge on any atom is -0.481 e. The van der Waals surface area contributed by atoms with Crippen molar-refractivity contribution in [1.82, 2.24) is 14.8 Å². The Labute approximate surface area is 189 Å². The third-order valence-corrected chi connectivity index (χ3v) is 6.13. The van der Waals surface area contributed by atoms with E-state index in [-0.39, 0.29) is 17.8 Å². The van der Waals surface area contributed by atoms with E-state index < -0.39 is 0 Å². The summed E-state index contributed by atoms with van der Waals surface area (Å²) in [5.74, 6) is 1.32. The number of aromatic nitrogens is 3. The Balaban J connectivity index is 1.66. The second-order valence-electron chi connectivity index (χ2n) is 6.52. The Kier molecular flexibility index (Phi) is 7.64. The molecule has 0 aliphatic carbocycles. The molecule has 1 N–H and O–H groups in total. The molecule has 158 valence electrons. The topological polar surface area (TPSA) is 69.0 Å². The number of anilines is 1. The van der Waals surface area contributed by atoms with Crippen molar-refractivity contribution >= 4 is 46.6 Å². The second kappa shape index (κ2) is 10.2. The number of amides is 1. The van der Waals surface area contributed by atoms with Crippen LogP contribution >= 0.6 is 35.0 Å². The number of rotatable bonds is 8. The standard InChI is InChI=1S/C21H22Cl2N4O2S/c1-4-27-20(14(3)29-18-11-6-5-8-16(18)23)25-26-21(27)30-12-19(28)24-17-10-7-9-15(22)13(17)2/h5-11,14H,4,12H2,1-3H3,(H,24,28). The molecule has 0 radical (unpaired) electrons. The monoisotopic (exact) mass is 464 g/mol. The molecule has 1 amide bonds. The van der Waals surface area contributed by atoms with Gasteiger partial charge in [0.2, 0.25) is 5.91 Å². The third-order valence-electron chi connectivity index (χ3n) is 4.44. The Hall–Kier alpha value is -2.22. The summed E-state index contributed by atoms with van der Waals surface area (Å²) >= 11 is 13.6. The lowest BCUT2D eigenvalue weighted by atomic mass is 10.2. The zero-order chi connectivity index (χ0) is 21.7. The largest absolute Gasteiger partial charge is 0.481 e. The molecule has 9 heteroatoms. The van der Waals surface area contributed by atoms with Crippen LogP contribution in [0.15, 0.2) is 47.6 Å². The first-order valence-corrected chi connectivity index (χ1v) is 11.2. The first kappa shape index (κ1) is 22.5. The fraction of sp³-hybridized carbons (Fsp3) is 0.286. The molecule has 0 aliphatic heterocycles. The fourth-order valence-electron chi connectivity index (χ4n) is 2.85. The van der Waals surface area contributed by atoms with Crippen LogP contribution in [0, 0.1) is 6.92 Å². The van der Waals surface area contributed by atoms with Gasteiger partial charge in [0, 0.05) is 17.3 Å². The molecule has 6 nitrogen and oxygen atoms in total. The highest BCUT2D eigenvalue weighted by Crippen LogP contribution is 2.29. The van der Waals surface area contributed by atoms with Gasteiger partial charge < -0.3 is 14.6 Å². The minimum atomic E-state index is -0.352. The number of para-hydroxylation sites is 1. The van der Waals surface area contributed by atoms with Crippen molar-refractivity contribution < 1.29 is 9.53 Å². The van der Waals surface area contributed by atoms with Gasteiger partial charge >= 0.3 is 0 Å². The molecule has 2 aromatic carbocycles. The average molecular weight is 465 g/mol. The predicted molar refractivity (Wildman–Crippen MR) is 122 cm³/mol. The predicted octanol–water partition coefficient (Wildman–Crippen LogP) is 5.78. The Bertz CT molecular complexity index is 1040. The number of benzene rings is 2. The highest BCUT2D eigenvalue weighted by Gasteiger charge is 2.20. The van der Waals surface area contributed by atoms with Crippen LogP contribution < -0.4 is 10.1 Å². The minimum absolute atomic E-state index is 0.141. The van der Waals surface area contributed by atoms with E-state index in [2.05, 4.69) is 15.5 Å². The molecule has 1 atom stereocenters. The Morgan fingerprint density at radius 3 is 2.63 bits per heavy atom. The van der Waals surface area contributed by atoms with Crippen LogP contribution in [0.4, 0.5) is 5.69 Å². The third kappa shape index (κ3) is 5.28. The Morgan fingerprint density at radius 2 is 1.90 bits per heavy atom.